The number of rotatable bonds is 5. The molecular weight excluding hydrogens is 496 g/mol. The Hall–Kier alpha value is -3.42. The molecule has 36 heavy (non-hydrogen) atoms. The number of aliphatic imine (C=N–C) groups is 1. The van der Waals surface area contributed by atoms with Crippen LogP contribution in [0.2, 0.25) is 5.02 Å². The number of ether oxygens (including phenoxy) is 1. The van der Waals surface area contributed by atoms with E-state index in [0.29, 0.717) is 43.5 Å². The maximum atomic E-state index is 13.3. The lowest BCUT2D eigenvalue weighted by Gasteiger charge is -2.18. The van der Waals surface area contributed by atoms with Crippen molar-refractivity contribution in [3.05, 3.63) is 85.5 Å². The van der Waals surface area contributed by atoms with Crippen LogP contribution in [0, 0.1) is 5.92 Å². The summed E-state index contributed by atoms with van der Waals surface area (Å²) in [7, 11) is 0. The molecule has 4 aromatic rings. The van der Waals surface area contributed by atoms with Gasteiger partial charge in [-0.3, -0.25) is 4.79 Å². The van der Waals surface area contributed by atoms with Crippen molar-refractivity contribution >= 4 is 50.9 Å². The normalized spacial score (nSPS) is 15.4. The van der Waals surface area contributed by atoms with E-state index in [1.54, 1.807) is 55.5 Å². The molecule has 0 spiro atoms. The minimum absolute atomic E-state index is 0.275. The van der Waals surface area contributed by atoms with Crippen LogP contribution in [-0.2, 0) is 17.6 Å². The number of hydrogen-bond acceptors (Lipinski definition) is 6. The maximum Gasteiger partial charge on any atom is 0.341 e. The number of hydrogen-bond donors (Lipinski definition) is 1. The Morgan fingerprint density at radius 3 is 2.69 bits per heavy atom. The van der Waals surface area contributed by atoms with Gasteiger partial charge in [0.1, 0.15) is 5.00 Å². The van der Waals surface area contributed by atoms with Gasteiger partial charge in [-0.15, -0.1) is 11.3 Å². The molecule has 2 aromatic heterocycles. The van der Waals surface area contributed by atoms with Crippen molar-refractivity contribution in [1.82, 2.24) is 4.57 Å². The zero-order valence-electron chi connectivity index (χ0n) is 20.0. The first-order valence-corrected chi connectivity index (χ1v) is 13.1. The summed E-state index contributed by atoms with van der Waals surface area (Å²) in [6, 6.07) is 13.9. The fourth-order valence-electron chi connectivity index (χ4n) is 4.71. The average molecular weight is 521 g/mol. The van der Waals surface area contributed by atoms with E-state index in [4.69, 9.17) is 21.3 Å². The number of benzene rings is 2. The van der Waals surface area contributed by atoms with E-state index in [2.05, 4.69) is 6.92 Å². The number of halogens is 1. The van der Waals surface area contributed by atoms with Crippen LogP contribution in [0.15, 0.2) is 58.3 Å². The number of pyridine rings is 1. The molecule has 0 unspecified atom stereocenters. The second-order valence-corrected chi connectivity index (χ2v) is 10.4. The van der Waals surface area contributed by atoms with Crippen molar-refractivity contribution < 1.29 is 14.6 Å². The summed E-state index contributed by atoms with van der Waals surface area (Å²) < 4.78 is 6.55. The highest BCUT2D eigenvalue weighted by Crippen LogP contribution is 2.42. The van der Waals surface area contributed by atoms with Gasteiger partial charge in [0, 0.05) is 21.9 Å². The Kier molecular flexibility index (Phi) is 6.69. The van der Waals surface area contributed by atoms with E-state index in [1.165, 1.54) is 22.1 Å². The molecule has 6 nitrogen and oxygen atoms in total. The molecule has 0 aliphatic heterocycles. The van der Waals surface area contributed by atoms with E-state index in [-0.39, 0.29) is 24.0 Å². The third kappa shape index (κ3) is 4.22. The van der Waals surface area contributed by atoms with E-state index in [1.807, 2.05) is 0 Å². The highest BCUT2D eigenvalue weighted by atomic mass is 35.5. The van der Waals surface area contributed by atoms with Gasteiger partial charge in [-0.05, 0) is 55.9 Å². The SMILES string of the molecule is CCOC(=O)c1c(N=Cc2c(O)n(-c3ccccc3Cl)c(=O)c3ccccc23)sc2c1CC[C@H](C)C2. The molecular formula is C28H25ClN2O4S. The van der Waals surface area contributed by atoms with Gasteiger partial charge in [0.25, 0.3) is 5.56 Å². The molecule has 0 saturated carbocycles. The molecule has 1 aliphatic carbocycles. The van der Waals surface area contributed by atoms with Crippen LogP contribution >= 0.6 is 22.9 Å². The quantitative estimate of drug-likeness (QED) is 0.242. The van der Waals surface area contributed by atoms with Crippen molar-refractivity contribution in [2.24, 2.45) is 10.9 Å². The summed E-state index contributed by atoms with van der Waals surface area (Å²) >= 11 is 7.87. The molecule has 8 heteroatoms. The predicted octanol–water partition coefficient (Wildman–Crippen LogP) is 6.46. The number of esters is 1. The van der Waals surface area contributed by atoms with Gasteiger partial charge in [-0.25, -0.2) is 14.4 Å². The smallest absolute Gasteiger partial charge is 0.341 e. The number of nitrogens with zero attached hydrogens (tertiary/aromatic N) is 2. The molecule has 2 heterocycles. The van der Waals surface area contributed by atoms with Gasteiger partial charge in [-0.1, -0.05) is 48.9 Å². The number of aromatic hydroxyl groups is 1. The Bertz CT molecular complexity index is 1570. The summed E-state index contributed by atoms with van der Waals surface area (Å²) in [6.45, 7) is 4.26. The molecule has 0 saturated heterocycles. The number of carbonyl (C=O) groups excluding carboxylic acids is 1. The van der Waals surface area contributed by atoms with Crippen LogP contribution < -0.4 is 5.56 Å². The van der Waals surface area contributed by atoms with Crippen molar-refractivity contribution in [3.63, 3.8) is 0 Å². The Balaban J connectivity index is 1.71. The fourth-order valence-corrected chi connectivity index (χ4v) is 6.27. The third-order valence-electron chi connectivity index (χ3n) is 6.48. The Morgan fingerprint density at radius 1 is 1.22 bits per heavy atom. The second kappa shape index (κ2) is 9.91. The lowest BCUT2D eigenvalue weighted by Crippen LogP contribution is -2.20. The number of thiophene rings is 1. The molecule has 1 aliphatic rings. The first-order chi connectivity index (χ1) is 17.4. The predicted molar refractivity (Wildman–Crippen MR) is 145 cm³/mol. The van der Waals surface area contributed by atoms with Gasteiger partial charge in [0.05, 0.1) is 28.4 Å². The Morgan fingerprint density at radius 2 is 1.94 bits per heavy atom. The molecule has 0 fully saturated rings. The second-order valence-electron chi connectivity index (χ2n) is 8.89. The Labute approximate surface area is 217 Å². The largest absolute Gasteiger partial charge is 0.494 e. The summed E-state index contributed by atoms with van der Waals surface area (Å²) in [6.07, 6.45) is 4.23. The lowest BCUT2D eigenvalue weighted by molar-refractivity contribution is 0.0526. The van der Waals surface area contributed by atoms with Crippen LogP contribution in [-0.4, -0.2) is 28.5 Å². The monoisotopic (exact) mass is 520 g/mol. The number of para-hydroxylation sites is 1. The van der Waals surface area contributed by atoms with Gasteiger partial charge in [0.15, 0.2) is 0 Å². The molecule has 2 aromatic carbocycles. The van der Waals surface area contributed by atoms with Crippen LogP contribution in [0.4, 0.5) is 5.00 Å². The van der Waals surface area contributed by atoms with Crippen LogP contribution in [0.3, 0.4) is 0 Å². The van der Waals surface area contributed by atoms with Crippen molar-refractivity contribution in [1.29, 1.82) is 0 Å². The van der Waals surface area contributed by atoms with Gasteiger partial charge >= 0.3 is 5.97 Å². The van der Waals surface area contributed by atoms with E-state index in [0.717, 1.165) is 29.7 Å². The molecule has 184 valence electrons. The molecule has 0 bridgehead atoms. The van der Waals surface area contributed by atoms with E-state index >= 15 is 0 Å². The van der Waals surface area contributed by atoms with Gasteiger partial charge in [0.2, 0.25) is 5.88 Å². The lowest BCUT2D eigenvalue weighted by atomic mass is 9.88. The summed E-state index contributed by atoms with van der Waals surface area (Å²) in [4.78, 5) is 32.1. The average Bonchev–Trinajstić information content (AvgIpc) is 3.22. The van der Waals surface area contributed by atoms with Crippen LogP contribution in [0.1, 0.15) is 46.6 Å². The van der Waals surface area contributed by atoms with Crippen molar-refractivity contribution in [3.8, 4) is 11.6 Å². The van der Waals surface area contributed by atoms with Gasteiger partial charge in [-0.2, -0.15) is 0 Å². The first-order valence-electron chi connectivity index (χ1n) is 11.9. The minimum Gasteiger partial charge on any atom is -0.494 e. The molecule has 1 atom stereocenters. The minimum atomic E-state index is -0.388. The summed E-state index contributed by atoms with van der Waals surface area (Å²) in [5.74, 6) is -0.120. The molecule has 1 N–H and O–H groups in total. The highest BCUT2D eigenvalue weighted by molar-refractivity contribution is 7.16. The molecule has 0 radical (unpaired) electrons. The number of carbonyl (C=O) groups is 1. The number of aromatic nitrogens is 1. The van der Waals surface area contributed by atoms with E-state index in [9.17, 15) is 14.7 Å². The first kappa shape index (κ1) is 24.3. The number of fused-ring (bicyclic) bond motifs is 2. The van der Waals surface area contributed by atoms with Crippen molar-refractivity contribution in [2.45, 2.75) is 33.1 Å². The molecule has 0 amide bonds. The van der Waals surface area contributed by atoms with E-state index < -0.39 is 0 Å². The zero-order valence-corrected chi connectivity index (χ0v) is 21.5. The van der Waals surface area contributed by atoms with Crippen LogP contribution in [0.5, 0.6) is 5.88 Å². The third-order valence-corrected chi connectivity index (χ3v) is 7.96. The van der Waals surface area contributed by atoms with Crippen LogP contribution in [0.25, 0.3) is 16.5 Å². The molecule has 5 rings (SSSR count). The zero-order chi connectivity index (χ0) is 25.4. The topological polar surface area (TPSA) is 80.9 Å². The van der Waals surface area contributed by atoms with Crippen molar-refractivity contribution in [2.75, 3.05) is 6.61 Å². The highest BCUT2D eigenvalue weighted by Gasteiger charge is 2.28. The standard InChI is InChI=1S/C28H25ClN2O4S/c1-3-35-28(34)24-19-13-12-16(2)14-23(19)36-25(24)30-15-20-17-8-4-5-9-18(17)26(32)31(27(20)33)22-11-7-6-10-21(22)29/h4-11,15-16,33H,3,12-14H2,1-2H3/t16-/m0/s1. The van der Waals surface area contributed by atoms with Gasteiger partial charge < -0.3 is 9.84 Å². The fraction of sp³-hybridized carbons (Fsp3) is 0.250. The summed E-state index contributed by atoms with van der Waals surface area (Å²) in [5, 5.41) is 13.2. The maximum absolute atomic E-state index is 13.3. The summed E-state index contributed by atoms with van der Waals surface area (Å²) in [5.41, 5.74) is 1.86.